The molecule has 7 heteroatoms. The van der Waals surface area contributed by atoms with Crippen LogP contribution in [-0.2, 0) is 19.1 Å². The van der Waals surface area contributed by atoms with E-state index in [0.29, 0.717) is 13.2 Å². The average Bonchev–Trinajstić information content (AvgIpc) is 2.43. The van der Waals surface area contributed by atoms with Crippen LogP contribution in [0.25, 0.3) is 0 Å². The number of hydrogen-bond acceptors (Lipinski definition) is 6. The summed E-state index contributed by atoms with van der Waals surface area (Å²) in [5, 5.41) is 0. The Hall–Kier alpha value is -0.710. The third kappa shape index (κ3) is 11.6. The normalized spacial score (nSPS) is 12.2. The molecule has 0 aromatic rings. The number of esters is 2. The average molecular weight is 322 g/mol. The van der Waals surface area contributed by atoms with E-state index >= 15 is 0 Å². The van der Waals surface area contributed by atoms with Crippen molar-refractivity contribution in [1.82, 2.24) is 0 Å². The number of hydrogen-bond donors (Lipinski definition) is 2. The fourth-order valence-electron chi connectivity index (χ4n) is 1.61. The molecule has 0 spiro atoms. The van der Waals surface area contributed by atoms with Gasteiger partial charge in [0.25, 0.3) is 0 Å². The van der Waals surface area contributed by atoms with Crippen LogP contribution < -0.4 is 0 Å². The number of carbonyl (C=O) groups is 2. The first-order chi connectivity index (χ1) is 10.0. The summed E-state index contributed by atoms with van der Waals surface area (Å²) in [5.74, 6) is -1.50. The monoisotopic (exact) mass is 322 g/mol. The van der Waals surface area contributed by atoms with Crippen molar-refractivity contribution in [3.05, 3.63) is 0 Å². The van der Waals surface area contributed by atoms with E-state index in [2.05, 4.69) is 0 Å². The minimum atomic E-state index is -2.19. The first-order valence-electron chi connectivity index (χ1n) is 7.48. The Morgan fingerprint density at radius 1 is 1.05 bits per heavy atom. The quantitative estimate of drug-likeness (QED) is 0.325. The lowest BCUT2D eigenvalue weighted by Gasteiger charge is -2.16. The zero-order valence-electron chi connectivity index (χ0n) is 12.9. The van der Waals surface area contributed by atoms with Crippen LogP contribution in [0.4, 0.5) is 0 Å². The van der Waals surface area contributed by atoms with Crippen LogP contribution in [0.1, 0.15) is 52.4 Å². The van der Waals surface area contributed by atoms with Crippen molar-refractivity contribution in [3.63, 3.8) is 0 Å². The highest BCUT2D eigenvalue weighted by Gasteiger charge is 2.24. The van der Waals surface area contributed by atoms with Crippen molar-refractivity contribution in [2.45, 2.75) is 52.4 Å². The van der Waals surface area contributed by atoms with Gasteiger partial charge in [-0.15, -0.1) is 0 Å². The first-order valence-corrected chi connectivity index (χ1v) is 8.92. The molecule has 0 amide bonds. The van der Waals surface area contributed by atoms with Gasteiger partial charge < -0.3 is 19.3 Å². The van der Waals surface area contributed by atoms with Gasteiger partial charge in [-0.05, 0) is 19.3 Å². The van der Waals surface area contributed by atoms with Gasteiger partial charge in [-0.2, -0.15) is 0 Å². The maximum atomic E-state index is 11.8. The molecule has 0 aromatic carbocycles. The summed E-state index contributed by atoms with van der Waals surface area (Å²) in [6.45, 7) is 4.69. The van der Waals surface area contributed by atoms with Crippen molar-refractivity contribution in [2.24, 2.45) is 5.92 Å². The molecule has 2 N–H and O–H groups in total. The lowest BCUT2D eigenvalue weighted by atomic mass is 10.1. The molecule has 1 unspecified atom stereocenters. The zero-order chi connectivity index (χ0) is 16.1. The fraction of sp³-hybridized carbons (Fsp3) is 0.857. The van der Waals surface area contributed by atoms with Crippen LogP contribution in [0.5, 0.6) is 0 Å². The summed E-state index contributed by atoms with van der Waals surface area (Å²) in [4.78, 5) is 41.5. The Morgan fingerprint density at radius 3 is 2.14 bits per heavy atom. The molecule has 0 rings (SSSR count). The molecule has 0 aliphatic heterocycles. The highest BCUT2D eigenvalue weighted by atomic mass is 31.2. The minimum absolute atomic E-state index is 0.0669. The van der Waals surface area contributed by atoms with Crippen molar-refractivity contribution in [2.75, 3.05) is 19.4 Å². The molecule has 0 saturated heterocycles. The number of ether oxygens (including phenoxy) is 2. The predicted molar refractivity (Wildman–Crippen MR) is 80.7 cm³/mol. The van der Waals surface area contributed by atoms with E-state index in [-0.39, 0.29) is 25.0 Å². The largest absolute Gasteiger partial charge is 0.466 e. The van der Waals surface area contributed by atoms with Crippen LogP contribution in [0.3, 0.4) is 0 Å². The van der Waals surface area contributed by atoms with Crippen molar-refractivity contribution in [1.29, 1.82) is 0 Å². The molecule has 0 aliphatic rings. The van der Waals surface area contributed by atoms with E-state index in [0.717, 1.165) is 25.7 Å². The molecule has 0 fully saturated rings. The van der Waals surface area contributed by atoms with E-state index in [9.17, 15) is 9.59 Å². The summed E-state index contributed by atoms with van der Waals surface area (Å²) < 4.78 is 10.1. The van der Waals surface area contributed by atoms with E-state index in [1.165, 1.54) is 0 Å². The summed E-state index contributed by atoms with van der Waals surface area (Å²) in [6, 6.07) is 0. The third-order valence-electron chi connectivity index (χ3n) is 2.92. The van der Waals surface area contributed by atoms with Gasteiger partial charge in [-0.3, -0.25) is 9.59 Å². The lowest BCUT2D eigenvalue weighted by molar-refractivity contribution is -0.149. The molecule has 0 bridgehead atoms. The van der Waals surface area contributed by atoms with E-state index < -0.39 is 20.3 Å². The Bertz CT molecular complexity index is 295. The van der Waals surface area contributed by atoms with Gasteiger partial charge in [0.05, 0.1) is 19.1 Å². The molecule has 124 valence electrons. The van der Waals surface area contributed by atoms with Gasteiger partial charge in [-0.1, -0.05) is 26.7 Å². The molecule has 0 aromatic heterocycles. The second-order valence-corrected chi connectivity index (χ2v) is 6.00. The number of carbonyl (C=O) groups excluding carboxylic acids is 2. The van der Waals surface area contributed by atoms with Crippen molar-refractivity contribution in [3.8, 4) is 0 Å². The van der Waals surface area contributed by atoms with Crippen LogP contribution >= 0.6 is 8.38 Å². The summed E-state index contributed by atoms with van der Waals surface area (Å²) >= 11 is 0. The smallest absolute Gasteiger partial charge is 0.309 e. The first kappa shape index (κ1) is 20.3. The second kappa shape index (κ2) is 13.0. The summed E-state index contributed by atoms with van der Waals surface area (Å²) in [5.41, 5.74) is 0. The molecule has 0 aliphatic carbocycles. The van der Waals surface area contributed by atoms with Gasteiger partial charge in [0.2, 0.25) is 0 Å². The second-order valence-electron chi connectivity index (χ2n) is 4.89. The molecule has 0 radical (unpaired) electrons. The minimum Gasteiger partial charge on any atom is -0.466 e. The summed E-state index contributed by atoms with van der Waals surface area (Å²) in [6.07, 6.45) is 3.67. The predicted octanol–water partition coefficient (Wildman–Crippen LogP) is 2.37. The van der Waals surface area contributed by atoms with Crippen LogP contribution in [0, 0.1) is 5.92 Å². The molecule has 6 nitrogen and oxygen atoms in total. The fourth-order valence-corrected chi connectivity index (χ4v) is 2.34. The maximum absolute atomic E-state index is 11.8. The van der Waals surface area contributed by atoms with Crippen molar-refractivity contribution < 1.29 is 28.8 Å². The molecule has 21 heavy (non-hydrogen) atoms. The van der Waals surface area contributed by atoms with Crippen molar-refractivity contribution >= 4 is 20.3 Å². The zero-order valence-corrected chi connectivity index (χ0v) is 13.8. The number of unbranched alkanes of at least 4 members (excludes halogenated alkanes) is 2. The van der Waals surface area contributed by atoms with Gasteiger partial charge in [-0.25, -0.2) is 0 Å². The molecule has 1 atom stereocenters. The van der Waals surface area contributed by atoms with E-state index in [1.54, 1.807) is 0 Å². The van der Waals surface area contributed by atoms with Crippen LogP contribution in [0.15, 0.2) is 0 Å². The van der Waals surface area contributed by atoms with Gasteiger partial charge in [0, 0.05) is 12.6 Å². The molecular formula is C14H27O6P. The molecular weight excluding hydrogens is 295 g/mol. The van der Waals surface area contributed by atoms with Gasteiger partial charge >= 0.3 is 11.9 Å². The van der Waals surface area contributed by atoms with Gasteiger partial charge in [0.1, 0.15) is 0 Å². The Labute approximate surface area is 127 Å². The lowest BCUT2D eigenvalue weighted by Crippen LogP contribution is -2.22. The Balaban J connectivity index is 4.16. The highest BCUT2D eigenvalue weighted by molar-refractivity contribution is 7.45. The Morgan fingerprint density at radius 2 is 1.62 bits per heavy atom. The van der Waals surface area contributed by atoms with Crippen LogP contribution in [0.2, 0.25) is 0 Å². The van der Waals surface area contributed by atoms with E-state index in [1.807, 2.05) is 13.8 Å². The van der Waals surface area contributed by atoms with E-state index in [4.69, 9.17) is 19.3 Å². The SMILES string of the molecule is CCCCOC(=O)CCC(CP(O)O)C(=O)OCCCC. The molecule has 0 saturated carbocycles. The Kier molecular flexibility index (Phi) is 12.5. The standard InChI is InChI=1S/C14H27O6P/c1-3-5-9-19-13(15)8-7-12(11-21(17)18)14(16)20-10-6-4-2/h12,17-18H,3-11H2,1-2H3. The summed E-state index contributed by atoms with van der Waals surface area (Å²) in [7, 11) is -2.19. The maximum Gasteiger partial charge on any atom is 0.309 e. The highest BCUT2D eigenvalue weighted by Crippen LogP contribution is 2.29. The third-order valence-corrected chi connectivity index (χ3v) is 3.68. The topological polar surface area (TPSA) is 93.1 Å². The molecule has 0 heterocycles. The van der Waals surface area contributed by atoms with Crippen LogP contribution in [-0.4, -0.2) is 41.1 Å². The number of rotatable bonds is 12. The van der Waals surface area contributed by atoms with Gasteiger partial charge in [0.15, 0.2) is 8.38 Å².